The summed E-state index contributed by atoms with van der Waals surface area (Å²) >= 11 is 0. The number of hydrogen-bond acceptors (Lipinski definition) is 0. The Morgan fingerprint density at radius 1 is 0.611 bits per heavy atom. The van der Waals surface area contributed by atoms with Crippen molar-refractivity contribution in [3.8, 4) is 0 Å². The van der Waals surface area contributed by atoms with Crippen molar-refractivity contribution >= 4 is 7.92 Å². The van der Waals surface area contributed by atoms with Crippen molar-refractivity contribution in [2.75, 3.05) is 0 Å². The van der Waals surface area contributed by atoms with Gasteiger partial charge < -0.3 is 14.9 Å². The summed E-state index contributed by atoms with van der Waals surface area (Å²) in [4.78, 5) is 0. The van der Waals surface area contributed by atoms with E-state index in [2.05, 4.69) is 41.5 Å². The molecule has 0 aromatic rings. The van der Waals surface area contributed by atoms with Crippen LogP contribution in [0.25, 0.3) is 0 Å². The van der Waals surface area contributed by atoms with Gasteiger partial charge in [-0.15, -0.1) is 0 Å². The topological polar surface area (TPSA) is 0 Å². The average Bonchev–Trinajstić information content (AvgIpc) is 2.56. The Morgan fingerprint density at radius 2 is 0.889 bits per heavy atom. The quantitative estimate of drug-likeness (QED) is 0.387. The molecule has 0 bridgehead atoms. The summed E-state index contributed by atoms with van der Waals surface area (Å²) in [6.07, 6.45) is 10.0. The van der Waals surface area contributed by atoms with Crippen molar-refractivity contribution in [3.63, 3.8) is 0 Å². The third-order valence-electron chi connectivity index (χ3n) is 2.56. The Labute approximate surface area is 132 Å². The van der Waals surface area contributed by atoms with E-state index >= 15 is 0 Å². The Morgan fingerprint density at radius 3 is 0.944 bits per heavy atom. The summed E-state index contributed by atoms with van der Waals surface area (Å²) < 4.78 is 0. The van der Waals surface area contributed by atoms with Crippen molar-refractivity contribution in [1.82, 2.24) is 0 Å². The van der Waals surface area contributed by atoms with Crippen LogP contribution >= 0.6 is 7.92 Å². The molecule has 0 aromatic heterocycles. The molecule has 2 heteroatoms. The van der Waals surface area contributed by atoms with Crippen LogP contribution in [0.2, 0.25) is 0 Å². The van der Waals surface area contributed by atoms with Crippen molar-refractivity contribution in [3.05, 3.63) is 45.6 Å². The standard InChI is InChI=1S/C9H21P.C5H5.2CH3.Ir/c1-7(2)10(8(3)4)9(5)6;1-2-4-5-3-1;;;/h7-9H,1-6H3;1-5H;2*1H3;/q;;2*-1;/p+1. The average molecular weight is 449 g/mol. The van der Waals surface area contributed by atoms with Gasteiger partial charge in [0.15, 0.2) is 0 Å². The molecule has 0 nitrogen and oxygen atoms in total. The minimum atomic E-state index is -0.0957. The maximum atomic E-state index is 2.37. The first-order chi connectivity index (χ1) is 6.96. The van der Waals surface area contributed by atoms with E-state index in [1.165, 1.54) is 0 Å². The van der Waals surface area contributed by atoms with Gasteiger partial charge >= 0.3 is 0 Å². The zero-order valence-corrected chi connectivity index (χ0v) is 16.8. The monoisotopic (exact) mass is 449 g/mol. The molecule has 0 amide bonds. The van der Waals surface area contributed by atoms with E-state index in [0.29, 0.717) is 0 Å². The van der Waals surface area contributed by atoms with Crippen LogP contribution < -0.4 is 0 Å². The smallest absolute Gasteiger partial charge is 0.0624 e. The fraction of sp³-hybridized carbons (Fsp3) is 0.562. The Kier molecular flexibility index (Phi) is 23.4. The van der Waals surface area contributed by atoms with Gasteiger partial charge in [-0.05, 0) is 41.5 Å². The predicted molar refractivity (Wildman–Crippen MR) is 89.1 cm³/mol. The van der Waals surface area contributed by atoms with Gasteiger partial charge in [-0.2, -0.15) is 0 Å². The normalized spacial score (nSPS) is 11.9. The van der Waals surface area contributed by atoms with Gasteiger partial charge in [0, 0.05) is 34.4 Å². The van der Waals surface area contributed by atoms with E-state index in [1.807, 2.05) is 30.7 Å². The van der Waals surface area contributed by atoms with Gasteiger partial charge in [0.1, 0.15) is 0 Å². The van der Waals surface area contributed by atoms with Crippen LogP contribution in [0.1, 0.15) is 41.5 Å². The third-order valence-corrected chi connectivity index (χ3v) is 6.56. The molecule has 0 spiro atoms. The van der Waals surface area contributed by atoms with Gasteiger partial charge in [0.25, 0.3) is 0 Å². The van der Waals surface area contributed by atoms with Crippen LogP contribution in [0.15, 0.2) is 24.3 Å². The van der Waals surface area contributed by atoms with Gasteiger partial charge in [0.2, 0.25) is 0 Å². The zero-order chi connectivity index (χ0) is 11.8. The molecule has 0 aliphatic heterocycles. The summed E-state index contributed by atoms with van der Waals surface area (Å²) in [5.74, 6) is 0. The predicted octanol–water partition coefficient (Wildman–Crippen LogP) is 5.64. The molecular formula is C16H33IrP-. The minimum absolute atomic E-state index is 0. The molecule has 2 radical (unpaired) electrons. The van der Waals surface area contributed by atoms with Crippen LogP contribution in [-0.4, -0.2) is 17.0 Å². The largest absolute Gasteiger partial charge is 0.358 e. The summed E-state index contributed by atoms with van der Waals surface area (Å²) in [6.45, 7) is 14.2. The van der Waals surface area contributed by atoms with E-state index in [0.717, 1.165) is 17.0 Å². The van der Waals surface area contributed by atoms with Crippen LogP contribution in [0, 0.1) is 21.3 Å². The molecule has 1 aliphatic rings. The molecule has 1 aliphatic carbocycles. The Balaban J connectivity index is -0.000000106. The van der Waals surface area contributed by atoms with Crippen molar-refractivity contribution in [1.29, 1.82) is 0 Å². The molecule has 112 valence electrons. The van der Waals surface area contributed by atoms with E-state index in [4.69, 9.17) is 0 Å². The SMILES string of the molecule is CC(C)[PH+](C(C)C)C(C)C.[CH3-].[CH3-].[CH]1C=CC=C1.[Ir]. The Hall–Kier alpha value is 0.559. The second-order valence-electron chi connectivity index (χ2n) is 4.93. The van der Waals surface area contributed by atoms with Crippen molar-refractivity contribution < 1.29 is 20.1 Å². The van der Waals surface area contributed by atoms with E-state index < -0.39 is 0 Å². The van der Waals surface area contributed by atoms with Gasteiger partial charge in [-0.25, -0.2) is 0 Å². The molecule has 0 aromatic carbocycles. The second kappa shape index (κ2) is 15.6. The van der Waals surface area contributed by atoms with Crippen LogP contribution in [0.5, 0.6) is 0 Å². The van der Waals surface area contributed by atoms with Crippen molar-refractivity contribution in [2.45, 2.75) is 58.5 Å². The number of hydrogen-bond donors (Lipinski definition) is 0. The molecule has 18 heavy (non-hydrogen) atoms. The van der Waals surface area contributed by atoms with E-state index in [-0.39, 0.29) is 42.9 Å². The molecular weight excluding hydrogens is 415 g/mol. The van der Waals surface area contributed by atoms with Gasteiger partial charge in [0.05, 0.1) is 17.0 Å². The van der Waals surface area contributed by atoms with Crippen molar-refractivity contribution in [2.24, 2.45) is 0 Å². The zero-order valence-electron chi connectivity index (χ0n) is 13.5. The fourth-order valence-corrected chi connectivity index (χ4v) is 6.32. The first-order valence-electron chi connectivity index (χ1n) is 6.00. The molecule has 0 atom stereocenters. The van der Waals surface area contributed by atoms with E-state index in [1.54, 1.807) is 0 Å². The summed E-state index contributed by atoms with van der Waals surface area (Å²) in [7, 11) is -0.0957. The van der Waals surface area contributed by atoms with Crippen LogP contribution in [-0.2, 0) is 20.1 Å². The maximum absolute atomic E-state index is 2.37. The van der Waals surface area contributed by atoms with Gasteiger partial charge in [-0.1, -0.05) is 24.3 Å². The second-order valence-corrected chi connectivity index (χ2v) is 9.39. The van der Waals surface area contributed by atoms with Crippen LogP contribution in [0.3, 0.4) is 0 Å². The molecule has 0 N–H and O–H groups in total. The number of allylic oxidation sites excluding steroid dienone is 4. The summed E-state index contributed by atoms with van der Waals surface area (Å²) in [5.41, 5.74) is 2.81. The molecule has 1 rings (SSSR count). The molecule has 0 heterocycles. The maximum Gasteiger partial charge on any atom is 0.0624 e. The molecule has 0 saturated heterocycles. The third kappa shape index (κ3) is 13.0. The molecule has 0 unspecified atom stereocenters. The molecule has 0 saturated carbocycles. The first-order valence-corrected chi connectivity index (χ1v) is 7.73. The van der Waals surface area contributed by atoms with Crippen LogP contribution in [0.4, 0.5) is 0 Å². The number of rotatable bonds is 3. The summed E-state index contributed by atoms with van der Waals surface area (Å²) in [6, 6.07) is 0. The fourth-order valence-electron chi connectivity index (χ4n) is 2.32. The van der Waals surface area contributed by atoms with E-state index in [9.17, 15) is 0 Å². The van der Waals surface area contributed by atoms with Gasteiger partial charge in [-0.3, -0.25) is 0 Å². The minimum Gasteiger partial charge on any atom is -0.358 e. The summed E-state index contributed by atoms with van der Waals surface area (Å²) in [5, 5.41) is 0. The molecule has 0 fully saturated rings. The Bertz CT molecular complexity index is 176. The first kappa shape index (κ1) is 27.0.